The van der Waals surface area contributed by atoms with Gasteiger partial charge in [0, 0.05) is 29.7 Å². The van der Waals surface area contributed by atoms with Gasteiger partial charge in [-0.25, -0.2) is 4.98 Å². The molecule has 1 amide bonds. The minimum atomic E-state index is -0.0981. The van der Waals surface area contributed by atoms with Gasteiger partial charge in [0.1, 0.15) is 5.01 Å². The Bertz CT molecular complexity index is 1030. The van der Waals surface area contributed by atoms with Crippen molar-refractivity contribution in [3.05, 3.63) is 71.4 Å². The van der Waals surface area contributed by atoms with E-state index in [1.165, 1.54) is 10.9 Å². The molecule has 2 aromatic carbocycles. The quantitative estimate of drug-likeness (QED) is 0.533. The Morgan fingerprint density at radius 2 is 2.00 bits per heavy atom. The summed E-state index contributed by atoms with van der Waals surface area (Å²) in [5.74, 6) is -0.0981. The summed E-state index contributed by atoms with van der Waals surface area (Å²) in [7, 11) is 0. The lowest BCUT2D eigenvalue weighted by atomic mass is 10.1. The van der Waals surface area contributed by atoms with Gasteiger partial charge in [-0.3, -0.25) is 4.79 Å². The highest BCUT2D eigenvalue weighted by Crippen LogP contribution is 2.22. The maximum atomic E-state index is 12.0. The second kappa shape index (κ2) is 6.91. The largest absolute Gasteiger partial charge is 0.361 e. The monoisotopic (exact) mass is 347 g/mol. The molecule has 124 valence electrons. The molecule has 0 radical (unpaired) electrons. The van der Waals surface area contributed by atoms with E-state index in [0.29, 0.717) is 6.54 Å². The number of H-pyrrole nitrogens is 1. The first-order valence-electron chi connectivity index (χ1n) is 8.16. The molecule has 2 N–H and O–H groups in total. The van der Waals surface area contributed by atoms with Gasteiger partial charge in [-0.1, -0.05) is 30.3 Å². The SMILES string of the molecule is O=C(C=Cc1nc2ccccc2s1)NCCc1c[nH]c2ccccc12. The fourth-order valence-electron chi connectivity index (χ4n) is 2.83. The summed E-state index contributed by atoms with van der Waals surface area (Å²) in [5, 5.41) is 4.98. The number of benzene rings is 2. The van der Waals surface area contributed by atoms with Crippen LogP contribution >= 0.6 is 11.3 Å². The Morgan fingerprint density at radius 3 is 2.92 bits per heavy atom. The third-order valence-electron chi connectivity index (χ3n) is 4.06. The topological polar surface area (TPSA) is 57.8 Å². The van der Waals surface area contributed by atoms with Gasteiger partial charge in [-0.15, -0.1) is 11.3 Å². The average molecular weight is 347 g/mol. The first kappa shape index (κ1) is 15.6. The fraction of sp³-hybridized carbons (Fsp3) is 0.100. The molecule has 0 bridgehead atoms. The van der Waals surface area contributed by atoms with Crippen molar-refractivity contribution in [1.82, 2.24) is 15.3 Å². The Kier molecular flexibility index (Phi) is 4.31. The fourth-order valence-corrected chi connectivity index (χ4v) is 3.70. The molecule has 4 rings (SSSR count). The molecule has 0 unspecified atom stereocenters. The van der Waals surface area contributed by atoms with Crippen molar-refractivity contribution >= 4 is 44.4 Å². The van der Waals surface area contributed by atoms with Crippen LogP contribution in [0.15, 0.2) is 60.8 Å². The molecule has 0 aliphatic carbocycles. The predicted molar refractivity (Wildman–Crippen MR) is 104 cm³/mol. The minimum absolute atomic E-state index is 0.0981. The van der Waals surface area contributed by atoms with Gasteiger partial charge >= 0.3 is 0 Å². The Balaban J connectivity index is 1.34. The summed E-state index contributed by atoms with van der Waals surface area (Å²) < 4.78 is 1.13. The van der Waals surface area contributed by atoms with Crippen molar-refractivity contribution in [2.45, 2.75) is 6.42 Å². The van der Waals surface area contributed by atoms with Crippen molar-refractivity contribution in [1.29, 1.82) is 0 Å². The number of para-hydroxylation sites is 2. The first-order chi connectivity index (χ1) is 12.3. The lowest BCUT2D eigenvalue weighted by molar-refractivity contribution is -0.116. The van der Waals surface area contributed by atoms with Crippen molar-refractivity contribution in [3.63, 3.8) is 0 Å². The average Bonchev–Trinajstić information content (AvgIpc) is 3.24. The summed E-state index contributed by atoms with van der Waals surface area (Å²) in [6.07, 6.45) is 6.12. The van der Waals surface area contributed by atoms with Gasteiger partial charge in [0.2, 0.25) is 5.91 Å². The van der Waals surface area contributed by atoms with Crippen LogP contribution in [0.4, 0.5) is 0 Å². The third-order valence-corrected chi connectivity index (χ3v) is 5.06. The number of thiazole rings is 1. The number of hydrogen-bond donors (Lipinski definition) is 2. The number of carbonyl (C=O) groups is 1. The van der Waals surface area contributed by atoms with Gasteiger partial charge in [0.25, 0.3) is 0 Å². The molecule has 4 nitrogen and oxygen atoms in total. The number of nitrogens with zero attached hydrogens (tertiary/aromatic N) is 1. The lowest BCUT2D eigenvalue weighted by Crippen LogP contribution is -2.23. The number of aromatic nitrogens is 2. The third kappa shape index (κ3) is 3.46. The van der Waals surface area contributed by atoms with Crippen molar-refractivity contribution in [3.8, 4) is 0 Å². The van der Waals surface area contributed by atoms with Crippen LogP contribution in [-0.4, -0.2) is 22.4 Å². The van der Waals surface area contributed by atoms with E-state index in [1.54, 1.807) is 23.5 Å². The molecule has 0 atom stereocenters. The number of hydrogen-bond acceptors (Lipinski definition) is 3. The van der Waals surface area contributed by atoms with Gasteiger partial charge in [0.05, 0.1) is 10.2 Å². The lowest BCUT2D eigenvalue weighted by Gasteiger charge is -2.01. The van der Waals surface area contributed by atoms with Crippen LogP contribution in [0.1, 0.15) is 10.6 Å². The van der Waals surface area contributed by atoms with Gasteiger partial charge < -0.3 is 10.3 Å². The first-order valence-corrected chi connectivity index (χ1v) is 8.98. The molecule has 5 heteroatoms. The van der Waals surface area contributed by atoms with E-state index in [4.69, 9.17) is 0 Å². The molecule has 4 aromatic rings. The van der Waals surface area contributed by atoms with Crippen molar-refractivity contribution < 1.29 is 4.79 Å². The van der Waals surface area contributed by atoms with Gasteiger partial charge in [-0.2, -0.15) is 0 Å². The van der Waals surface area contributed by atoms with Crippen LogP contribution in [-0.2, 0) is 11.2 Å². The number of nitrogens with one attached hydrogen (secondary N) is 2. The van der Waals surface area contributed by atoms with Crippen molar-refractivity contribution in [2.24, 2.45) is 0 Å². The number of carbonyl (C=O) groups excluding carboxylic acids is 1. The van der Waals surface area contributed by atoms with E-state index in [1.807, 2.05) is 42.6 Å². The molecule has 0 fully saturated rings. The van der Waals surface area contributed by atoms with E-state index in [9.17, 15) is 4.79 Å². The Morgan fingerprint density at radius 1 is 1.16 bits per heavy atom. The molecule has 2 aromatic heterocycles. The van der Waals surface area contributed by atoms with Crippen LogP contribution in [0, 0.1) is 0 Å². The van der Waals surface area contributed by atoms with Crippen LogP contribution in [0.3, 0.4) is 0 Å². The molecule has 0 saturated heterocycles. The second-order valence-electron chi connectivity index (χ2n) is 5.75. The standard InChI is InChI=1S/C20H17N3OS/c24-19(9-10-20-23-17-7-3-4-8-18(17)25-20)21-12-11-14-13-22-16-6-2-1-5-15(14)16/h1-10,13,22H,11-12H2,(H,21,24). The maximum absolute atomic E-state index is 12.0. The summed E-state index contributed by atoms with van der Waals surface area (Å²) >= 11 is 1.58. The second-order valence-corrected chi connectivity index (χ2v) is 6.82. The van der Waals surface area contributed by atoms with Gasteiger partial charge in [0.15, 0.2) is 0 Å². The molecule has 0 aliphatic rings. The molecular weight excluding hydrogens is 330 g/mol. The Labute approximate surface area is 149 Å². The van der Waals surface area contributed by atoms with E-state index in [2.05, 4.69) is 27.4 Å². The highest BCUT2D eigenvalue weighted by molar-refractivity contribution is 7.19. The number of aromatic amines is 1. The van der Waals surface area contributed by atoms with Crippen molar-refractivity contribution in [2.75, 3.05) is 6.54 Å². The molecule has 25 heavy (non-hydrogen) atoms. The predicted octanol–water partition coefficient (Wildman–Crippen LogP) is 4.15. The molecule has 0 spiro atoms. The number of amides is 1. The molecule has 0 aliphatic heterocycles. The zero-order chi connectivity index (χ0) is 17.1. The highest BCUT2D eigenvalue weighted by Gasteiger charge is 2.04. The van der Waals surface area contributed by atoms with E-state index >= 15 is 0 Å². The number of fused-ring (bicyclic) bond motifs is 2. The zero-order valence-corrected chi connectivity index (χ0v) is 14.3. The Hall–Kier alpha value is -2.92. The summed E-state index contributed by atoms with van der Waals surface area (Å²) in [5.41, 5.74) is 3.30. The van der Waals surface area contributed by atoms with Crippen LogP contribution < -0.4 is 5.32 Å². The van der Waals surface area contributed by atoms with Gasteiger partial charge in [-0.05, 0) is 36.3 Å². The smallest absolute Gasteiger partial charge is 0.244 e. The summed E-state index contributed by atoms with van der Waals surface area (Å²) in [4.78, 5) is 19.7. The molecule has 2 heterocycles. The zero-order valence-electron chi connectivity index (χ0n) is 13.5. The maximum Gasteiger partial charge on any atom is 0.244 e. The highest BCUT2D eigenvalue weighted by atomic mass is 32.1. The van der Waals surface area contributed by atoms with E-state index in [0.717, 1.165) is 27.2 Å². The minimum Gasteiger partial charge on any atom is -0.361 e. The van der Waals surface area contributed by atoms with Crippen LogP contribution in [0.5, 0.6) is 0 Å². The summed E-state index contributed by atoms with van der Waals surface area (Å²) in [6, 6.07) is 16.2. The van der Waals surface area contributed by atoms with E-state index in [-0.39, 0.29) is 5.91 Å². The summed E-state index contributed by atoms with van der Waals surface area (Å²) in [6.45, 7) is 0.602. The molecular formula is C20H17N3OS. The number of rotatable bonds is 5. The normalized spacial score (nSPS) is 11.5. The van der Waals surface area contributed by atoms with E-state index < -0.39 is 0 Å². The molecule has 0 saturated carbocycles. The van der Waals surface area contributed by atoms with Crippen LogP contribution in [0.2, 0.25) is 0 Å². The van der Waals surface area contributed by atoms with Crippen LogP contribution in [0.25, 0.3) is 27.2 Å².